The van der Waals surface area contributed by atoms with Crippen LogP contribution in [0.3, 0.4) is 0 Å². The van der Waals surface area contributed by atoms with Crippen LogP contribution < -0.4 is 10.6 Å². The molecule has 1 aromatic rings. The molecule has 2 N–H and O–H groups in total. The molecular formula is C18H25F3N2O3S. The number of alkyl halides is 3. The molecule has 5 nitrogen and oxygen atoms in total. The number of carbonyl (C=O) groups excluding carboxylic acids is 1. The van der Waals surface area contributed by atoms with Crippen LogP contribution in [0, 0.1) is 0 Å². The maximum absolute atomic E-state index is 12.8. The quantitative estimate of drug-likeness (QED) is 0.762. The van der Waals surface area contributed by atoms with E-state index < -0.39 is 26.8 Å². The zero-order valence-corrected chi connectivity index (χ0v) is 16.2. The van der Waals surface area contributed by atoms with Crippen molar-refractivity contribution in [3.05, 3.63) is 29.8 Å². The second-order valence-electron chi connectivity index (χ2n) is 7.15. The molecule has 0 heterocycles. The summed E-state index contributed by atoms with van der Waals surface area (Å²) in [7, 11) is -3.82. The Hall–Kier alpha value is -1.61. The van der Waals surface area contributed by atoms with E-state index in [0.29, 0.717) is 31.7 Å². The van der Waals surface area contributed by atoms with Crippen molar-refractivity contribution in [1.29, 1.82) is 0 Å². The zero-order chi connectivity index (χ0) is 20.2. The van der Waals surface area contributed by atoms with E-state index in [1.54, 1.807) is 0 Å². The summed E-state index contributed by atoms with van der Waals surface area (Å²) < 4.78 is 63.9. The third kappa shape index (κ3) is 5.93. The lowest BCUT2D eigenvalue weighted by Crippen LogP contribution is -2.43. The number of halogens is 3. The monoisotopic (exact) mass is 406 g/mol. The molecule has 27 heavy (non-hydrogen) atoms. The predicted octanol–water partition coefficient (Wildman–Crippen LogP) is 2.90. The van der Waals surface area contributed by atoms with Gasteiger partial charge in [-0.2, -0.15) is 13.2 Å². The minimum Gasteiger partial charge on any atom is -0.353 e. The van der Waals surface area contributed by atoms with E-state index in [9.17, 15) is 26.4 Å². The van der Waals surface area contributed by atoms with Gasteiger partial charge in [0.15, 0.2) is 9.84 Å². The first-order valence-electron chi connectivity index (χ1n) is 8.94. The molecule has 0 bridgehead atoms. The van der Waals surface area contributed by atoms with E-state index in [0.717, 1.165) is 12.1 Å². The minimum atomic E-state index is -4.58. The molecule has 1 amide bonds. The first kappa shape index (κ1) is 21.7. The van der Waals surface area contributed by atoms with Crippen LogP contribution in [0.25, 0.3) is 0 Å². The van der Waals surface area contributed by atoms with Crippen molar-refractivity contribution in [1.82, 2.24) is 10.6 Å². The van der Waals surface area contributed by atoms with Gasteiger partial charge in [-0.1, -0.05) is 6.07 Å². The molecule has 0 unspecified atom stereocenters. The maximum Gasteiger partial charge on any atom is 0.416 e. The van der Waals surface area contributed by atoms with E-state index >= 15 is 0 Å². The molecule has 1 saturated carbocycles. The molecule has 1 aliphatic carbocycles. The van der Waals surface area contributed by atoms with Crippen LogP contribution in [0.1, 0.15) is 45.1 Å². The molecule has 2 rings (SSSR count). The lowest BCUT2D eigenvalue weighted by Gasteiger charge is -2.29. The van der Waals surface area contributed by atoms with E-state index in [-0.39, 0.29) is 29.4 Å². The third-order valence-corrected chi connectivity index (χ3v) is 6.86. The molecular weight excluding hydrogens is 381 g/mol. The number of benzene rings is 1. The average molecular weight is 406 g/mol. The third-order valence-electron chi connectivity index (χ3n) is 4.60. The fourth-order valence-electron chi connectivity index (χ4n) is 3.23. The molecule has 0 aromatic heterocycles. The van der Waals surface area contributed by atoms with Gasteiger partial charge in [-0.05, 0) is 57.7 Å². The second kappa shape index (κ2) is 8.60. The molecule has 1 fully saturated rings. The Balaban J connectivity index is 1.96. The van der Waals surface area contributed by atoms with Gasteiger partial charge in [-0.25, -0.2) is 8.42 Å². The van der Waals surface area contributed by atoms with Gasteiger partial charge in [0.05, 0.1) is 22.3 Å². The number of amides is 1. The average Bonchev–Trinajstić information content (AvgIpc) is 2.59. The van der Waals surface area contributed by atoms with Crippen LogP contribution in [-0.2, 0) is 20.8 Å². The SMILES string of the molecule is CC(C)NC(=O)CN[C@H]1CC[C@H](S(=O)(=O)c2cccc(C(F)(F)F)c2)CC1. The lowest BCUT2D eigenvalue weighted by molar-refractivity contribution is -0.137. The molecule has 1 aliphatic rings. The molecule has 0 saturated heterocycles. The van der Waals surface area contributed by atoms with Gasteiger partial charge in [0.2, 0.25) is 5.91 Å². The highest BCUT2D eigenvalue weighted by Crippen LogP contribution is 2.33. The summed E-state index contributed by atoms with van der Waals surface area (Å²) in [6.07, 6.45) is -2.77. The topological polar surface area (TPSA) is 75.3 Å². The largest absolute Gasteiger partial charge is 0.416 e. The van der Waals surface area contributed by atoms with Crippen molar-refractivity contribution < 1.29 is 26.4 Å². The summed E-state index contributed by atoms with van der Waals surface area (Å²) in [5.74, 6) is -0.122. The van der Waals surface area contributed by atoms with Crippen molar-refractivity contribution >= 4 is 15.7 Å². The molecule has 0 atom stereocenters. The summed E-state index contributed by atoms with van der Waals surface area (Å²) in [5.41, 5.74) is -0.963. The molecule has 0 aliphatic heterocycles. The van der Waals surface area contributed by atoms with E-state index in [1.165, 1.54) is 6.07 Å². The number of nitrogens with one attached hydrogen (secondary N) is 2. The van der Waals surface area contributed by atoms with Gasteiger partial charge < -0.3 is 10.6 Å². The molecule has 152 valence electrons. The highest BCUT2D eigenvalue weighted by molar-refractivity contribution is 7.92. The normalized spacial score (nSPS) is 21.3. The summed E-state index contributed by atoms with van der Waals surface area (Å²) in [4.78, 5) is 11.4. The van der Waals surface area contributed by atoms with Crippen LogP contribution in [0.4, 0.5) is 13.2 Å². The minimum absolute atomic E-state index is 0.0240. The summed E-state index contributed by atoms with van der Waals surface area (Å²) in [6.45, 7) is 3.89. The lowest BCUT2D eigenvalue weighted by atomic mass is 9.95. The van der Waals surface area contributed by atoms with E-state index in [4.69, 9.17) is 0 Å². The van der Waals surface area contributed by atoms with Crippen molar-refractivity contribution in [2.45, 2.75) is 67.9 Å². The summed E-state index contributed by atoms with van der Waals surface area (Å²) in [5, 5.41) is 5.17. The Morgan fingerprint density at radius 3 is 2.37 bits per heavy atom. The van der Waals surface area contributed by atoms with Gasteiger partial charge in [0.1, 0.15) is 0 Å². The first-order valence-corrected chi connectivity index (χ1v) is 10.5. The highest BCUT2D eigenvalue weighted by Gasteiger charge is 2.35. The Labute approximate surface area is 157 Å². The van der Waals surface area contributed by atoms with Gasteiger partial charge >= 0.3 is 6.18 Å². The van der Waals surface area contributed by atoms with Crippen LogP contribution >= 0.6 is 0 Å². The fraction of sp³-hybridized carbons (Fsp3) is 0.611. The Kier molecular flexibility index (Phi) is 6.91. The van der Waals surface area contributed by atoms with Gasteiger partial charge in [-0.3, -0.25) is 4.79 Å². The zero-order valence-electron chi connectivity index (χ0n) is 15.3. The Morgan fingerprint density at radius 1 is 1.19 bits per heavy atom. The van der Waals surface area contributed by atoms with Crippen LogP contribution in [0.15, 0.2) is 29.2 Å². The van der Waals surface area contributed by atoms with E-state index in [1.807, 2.05) is 13.8 Å². The number of sulfone groups is 1. The first-order chi connectivity index (χ1) is 12.5. The van der Waals surface area contributed by atoms with Crippen LogP contribution in [0.5, 0.6) is 0 Å². The van der Waals surface area contributed by atoms with Crippen LogP contribution in [-0.4, -0.2) is 38.2 Å². The Morgan fingerprint density at radius 2 is 1.81 bits per heavy atom. The smallest absolute Gasteiger partial charge is 0.353 e. The summed E-state index contributed by atoms with van der Waals surface area (Å²) in [6, 6.07) is 3.97. The fourth-order valence-corrected chi connectivity index (χ4v) is 5.07. The highest BCUT2D eigenvalue weighted by atomic mass is 32.2. The molecule has 1 aromatic carbocycles. The second-order valence-corrected chi connectivity index (χ2v) is 9.38. The van der Waals surface area contributed by atoms with Crippen molar-refractivity contribution in [2.75, 3.05) is 6.54 Å². The molecule has 0 radical (unpaired) electrons. The van der Waals surface area contributed by atoms with Crippen molar-refractivity contribution in [2.24, 2.45) is 0 Å². The predicted molar refractivity (Wildman–Crippen MR) is 96.0 cm³/mol. The van der Waals surface area contributed by atoms with Crippen LogP contribution in [0.2, 0.25) is 0 Å². The van der Waals surface area contributed by atoms with Gasteiger partial charge in [-0.15, -0.1) is 0 Å². The summed E-state index contributed by atoms with van der Waals surface area (Å²) >= 11 is 0. The standard InChI is InChI=1S/C18H25F3N2O3S/c1-12(2)23-17(24)11-22-14-6-8-15(9-7-14)27(25,26)16-5-3-4-13(10-16)18(19,20)21/h3-5,10,12,14-15,22H,6-9,11H2,1-2H3,(H,23,24)/t14-,15-. The number of rotatable bonds is 6. The number of hydrogen-bond acceptors (Lipinski definition) is 4. The number of carbonyl (C=O) groups is 1. The van der Waals surface area contributed by atoms with Gasteiger partial charge in [0, 0.05) is 12.1 Å². The molecule has 0 spiro atoms. The van der Waals surface area contributed by atoms with Crippen molar-refractivity contribution in [3.63, 3.8) is 0 Å². The Bertz CT molecular complexity index is 755. The number of hydrogen-bond donors (Lipinski definition) is 2. The van der Waals surface area contributed by atoms with Gasteiger partial charge in [0.25, 0.3) is 0 Å². The van der Waals surface area contributed by atoms with E-state index in [2.05, 4.69) is 10.6 Å². The molecule has 9 heteroatoms. The maximum atomic E-state index is 12.8. The van der Waals surface area contributed by atoms with Crippen molar-refractivity contribution in [3.8, 4) is 0 Å².